The highest BCUT2D eigenvalue weighted by molar-refractivity contribution is 5.61. The number of para-hydroxylation sites is 2. The van der Waals surface area contributed by atoms with E-state index >= 15 is 0 Å². The third-order valence-electron chi connectivity index (χ3n) is 4.18. The largest absolute Gasteiger partial charge is 0.336 e. The first-order chi connectivity index (χ1) is 13.8. The smallest absolute Gasteiger partial charge is 0.252 e. The Balaban J connectivity index is 1.67. The number of hydrogen-bond acceptors (Lipinski definition) is 5. The zero-order valence-corrected chi connectivity index (χ0v) is 15.0. The van der Waals surface area contributed by atoms with Gasteiger partial charge in [0.2, 0.25) is 0 Å². The summed E-state index contributed by atoms with van der Waals surface area (Å²) in [5.74, 6) is 0.493. The van der Waals surface area contributed by atoms with Crippen LogP contribution >= 0.6 is 0 Å². The first kappa shape index (κ1) is 17.6. The second kappa shape index (κ2) is 8.26. The van der Waals surface area contributed by atoms with Crippen LogP contribution in [0.4, 0.5) is 27.5 Å². The van der Waals surface area contributed by atoms with Crippen molar-refractivity contribution in [3.63, 3.8) is 0 Å². The van der Waals surface area contributed by atoms with E-state index in [1.807, 2.05) is 65.6 Å². The zero-order valence-electron chi connectivity index (χ0n) is 15.0. The number of anilines is 4. The molecule has 0 aliphatic carbocycles. The molecule has 0 aliphatic heterocycles. The molecule has 0 unspecified atom stereocenters. The minimum Gasteiger partial charge on any atom is -0.336 e. The fraction of sp³-hybridized carbons (Fsp3) is 0.0455. The van der Waals surface area contributed by atoms with Crippen molar-refractivity contribution in [2.75, 3.05) is 10.2 Å². The maximum Gasteiger partial charge on any atom is 0.252 e. The molecular weight excluding hydrogens is 353 g/mol. The Morgan fingerprint density at radius 1 is 0.821 bits per heavy atom. The van der Waals surface area contributed by atoms with Crippen LogP contribution in [0.3, 0.4) is 0 Å². The Labute approximate surface area is 162 Å². The number of halogens is 1. The van der Waals surface area contributed by atoms with E-state index in [1.165, 1.54) is 12.3 Å². The highest BCUT2D eigenvalue weighted by Gasteiger charge is 2.14. The second-order valence-corrected chi connectivity index (χ2v) is 6.15. The van der Waals surface area contributed by atoms with Crippen molar-refractivity contribution in [2.45, 2.75) is 6.54 Å². The monoisotopic (exact) mass is 371 g/mol. The Bertz CT molecular complexity index is 1040. The third kappa shape index (κ3) is 4.12. The van der Waals surface area contributed by atoms with Gasteiger partial charge in [-0.2, -0.15) is 10.1 Å². The first-order valence-electron chi connectivity index (χ1n) is 8.87. The molecule has 6 heteroatoms. The molecule has 28 heavy (non-hydrogen) atoms. The van der Waals surface area contributed by atoms with Crippen LogP contribution in [0.5, 0.6) is 0 Å². The topological polar surface area (TPSA) is 53.9 Å². The van der Waals surface area contributed by atoms with Gasteiger partial charge in [-0.25, -0.2) is 4.39 Å². The van der Waals surface area contributed by atoms with E-state index < -0.39 is 0 Å². The maximum absolute atomic E-state index is 14.0. The van der Waals surface area contributed by atoms with Crippen LogP contribution in [0.25, 0.3) is 0 Å². The lowest BCUT2D eigenvalue weighted by atomic mass is 10.2. The summed E-state index contributed by atoms with van der Waals surface area (Å²) in [6.45, 7) is 0.579. The maximum atomic E-state index is 14.0. The fourth-order valence-electron chi connectivity index (χ4n) is 2.82. The minimum atomic E-state index is -0.355. The highest BCUT2D eigenvalue weighted by atomic mass is 19.1. The lowest BCUT2D eigenvalue weighted by Crippen LogP contribution is -2.20. The molecule has 4 aromatic rings. The van der Waals surface area contributed by atoms with Crippen LogP contribution in [0.1, 0.15) is 5.56 Å². The Hall–Kier alpha value is -3.80. The summed E-state index contributed by atoms with van der Waals surface area (Å²) >= 11 is 0. The standard InChI is InChI=1S/C22H18FN5/c23-19-13-7-8-14-20(19)25-21-15-24-27-22(26-21)28(18-11-5-2-6-12-18)16-17-9-3-1-4-10-17/h1-15H,16H2,(H,25,26,27). The van der Waals surface area contributed by atoms with Crippen molar-refractivity contribution >= 4 is 23.1 Å². The van der Waals surface area contributed by atoms with Crippen molar-refractivity contribution < 1.29 is 4.39 Å². The third-order valence-corrected chi connectivity index (χ3v) is 4.18. The van der Waals surface area contributed by atoms with Crippen LogP contribution in [-0.2, 0) is 6.54 Å². The van der Waals surface area contributed by atoms with Crippen LogP contribution in [0.15, 0.2) is 91.1 Å². The quantitative estimate of drug-likeness (QED) is 0.511. The molecule has 138 valence electrons. The van der Waals surface area contributed by atoms with Gasteiger partial charge in [-0.05, 0) is 29.8 Å². The Morgan fingerprint density at radius 2 is 1.50 bits per heavy atom. The van der Waals surface area contributed by atoms with Gasteiger partial charge in [-0.3, -0.25) is 0 Å². The van der Waals surface area contributed by atoms with Gasteiger partial charge in [0.1, 0.15) is 5.82 Å². The lowest BCUT2D eigenvalue weighted by molar-refractivity contribution is 0.631. The van der Waals surface area contributed by atoms with E-state index in [9.17, 15) is 4.39 Å². The lowest BCUT2D eigenvalue weighted by Gasteiger charge is -2.22. The Kier molecular flexibility index (Phi) is 5.20. The van der Waals surface area contributed by atoms with Gasteiger partial charge >= 0.3 is 0 Å². The molecule has 0 fully saturated rings. The molecular formula is C22H18FN5. The average Bonchev–Trinajstić information content (AvgIpc) is 2.75. The van der Waals surface area contributed by atoms with E-state index in [1.54, 1.807) is 18.2 Å². The zero-order chi connectivity index (χ0) is 19.2. The summed E-state index contributed by atoms with van der Waals surface area (Å²) in [6, 6.07) is 26.4. The van der Waals surface area contributed by atoms with Crippen LogP contribution in [0.2, 0.25) is 0 Å². The molecule has 0 saturated carbocycles. The van der Waals surface area contributed by atoms with E-state index in [-0.39, 0.29) is 5.82 Å². The summed E-state index contributed by atoms with van der Waals surface area (Å²) in [7, 11) is 0. The first-order valence-corrected chi connectivity index (χ1v) is 8.87. The van der Waals surface area contributed by atoms with Gasteiger partial charge in [0, 0.05) is 5.69 Å². The number of nitrogens with one attached hydrogen (secondary N) is 1. The molecule has 0 radical (unpaired) electrons. The molecule has 0 spiro atoms. The number of benzene rings is 3. The number of hydrogen-bond donors (Lipinski definition) is 1. The molecule has 0 atom stereocenters. The molecule has 0 saturated heterocycles. The molecule has 3 aromatic carbocycles. The van der Waals surface area contributed by atoms with Crippen molar-refractivity contribution in [2.24, 2.45) is 0 Å². The van der Waals surface area contributed by atoms with E-state index in [2.05, 4.69) is 20.5 Å². The fourth-order valence-corrected chi connectivity index (χ4v) is 2.82. The molecule has 1 aromatic heterocycles. The van der Waals surface area contributed by atoms with E-state index in [4.69, 9.17) is 0 Å². The second-order valence-electron chi connectivity index (χ2n) is 6.15. The molecule has 1 heterocycles. The SMILES string of the molecule is Fc1ccccc1Nc1cnnc(N(Cc2ccccc2)c2ccccc2)n1. The summed E-state index contributed by atoms with van der Waals surface area (Å²) in [5, 5.41) is 11.2. The van der Waals surface area contributed by atoms with Gasteiger partial charge in [0.15, 0.2) is 5.82 Å². The van der Waals surface area contributed by atoms with Gasteiger partial charge in [-0.15, -0.1) is 5.10 Å². The number of rotatable bonds is 6. The number of aromatic nitrogens is 3. The Morgan fingerprint density at radius 3 is 2.25 bits per heavy atom. The predicted octanol–water partition coefficient (Wildman–Crippen LogP) is 5.09. The van der Waals surface area contributed by atoms with Gasteiger partial charge in [0.05, 0.1) is 18.4 Å². The molecule has 4 rings (SSSR count). The summed E-state index contributed by atoms with van der Waals surface area (Å²) in [5.41, 5.74) is 2.39. The summed E-state index contributed by atoms with van der Waals surface area (Å²) < 4.78 is 14.0. The van der Waals surface area contributed by atoms with Crippen molar-refractivity contribution in [3.8, 4) is 0 Å². The van der Waals surface area contributed by atoms with Crippen LogP contribution < -0.4 is 10.2 Å². The summed E-state index contributed by atoms with van der Waals surface area (Å²) in [6.07, 6.45) is 1.47. The van der Waals surface area contributed by atoms with Gasteiger partial charge in [0.25, 0.3) is 5.95 Å². The summed E-state index contributed by atoms with van der Waals surface area (Å²) in [4.78, 5) is 6.52. The number of nitrogens with zero attached hydrogens (tertiary/aromatic N) is 4. The van der Waals surface area contributed by atoms with Crippen molar-refractivity contribution in [1.29, 1.82) is 0 Å². The van der Waals surface area contributed by atoms with Crippen molar-refractivity contribution in [3.05, 3.63) is 103 Å². The van der Waals surface area contributed by atoms with Crippen molar-refractivity contribution in [1.82, 2.24) is 15.2 Å². The molecule has 1 N–H and O–H groups in total. The molecule has 0 aliphatic rings. The average molecular weight is 371 g/mol. The van der Waals surface area contributed by atoms with Crippen LogP contribution in [-0.4, -0.2) is 15.2 Å². The highest BCUT2D eigenvalue weighted by Crippen LogP contribution is 2.25. The molecule has 0 bridgehead atoms. The van der Waals surface area contributed by atoms with E-state index in [0.29, 0.717) is 24.0 Å². The van der Waals surface area contributed by atoms with Gasteiger partial charge in [-0.1, -0.05) is 60.7 Å². The van der Waals surface area contributed by atoms with E-state index in [0.717, 1.165) is 11.3 Å². The normalized spacial score (nSPS) is 10.5. The van der Waals surface area contributed by atoms with Crippen LogP contribution in [0, 0.1) is 5.82 Å². The molecule has 5 nitrogen and oxygen atoms in total. The van der Waals surface area contributed by atoms with Gasteiger partial charge < -0.3 is 10.2 Å². The minimum absolute atomic E-state index is 0.336. The predicted molar refractivity (Wildman–Crippen MR) is 108 cm³/mol. The molecule has 0 amide bonds.